The van der Waals surface area contributed by atoms with Gasteiger partial charge < -0.3 is 5.32 Å². The van der Waals surface area contributed by atoms with E-state index in [2.05, 4.69) is 41.3 Å². The number of aromatic amines is 1. The lowest BCUT2D eigenvalue weighted by molar-refractivity contribution is 0.621. The maximum absolute atomic E-state index is 12.7. The van der Waals surface area contributed by atoms with E-state index in [0.29, 0.717) is 5.69 Å². The normalized spacial score (nSPS) is 11.5. The van der Waals surface area contributed by atoms with Crippen molar-refractivity contribution in [2.45, 2.75) is 26.3 Å². The van der Waals surface area contributed by atoms with E-state index in [1.165, 1.54) is 12.3 Å². The third kappa shape index (κ3) is 3.03. The third-order valence-electron chi connectivity index (χ3n) is 2.08. The summed E-state index contributed by atoms with van der Waals surface area (Å²) in [5.74, 6) is 0.403. The topological polar surface area (TPSA) is 53.6 Å². The van der Waals surface area contributed by atoms with Gasteiger partial charge in [-0.1, -0.05) is 0 Å². The van der Waals surface area contributed by atoms with Crippen LogP contribution in [-0.2, 0) is 0 Å². The summed E-state index contributed by atoms with van der Waals surface area (Å²) in [7, 11) is 0. The second kappa shape index (κ2) is 4.16. The molecule has 2 heterocycles. The SMILES string of the molecule is CC(C)(C)Nc1cc(-c2ccc(F)cn2)[nH]n1. The molecule has 0 aliphatic heterocycles. The summed E-state index contributed by atoms with van der Waals surface area (Å²) in [6.07, 6.45) is 1.19. The second-order valence-electron chi connectivity index (χ2n) is 4.90. The summed E-state index contributed by atoms with van der Waals surface area (Å²) >= 11 is 0. The Labute approximate surface area is 99.3 Å². The first-order chi connectivity index (χ1) is 7.94. The summed E-state index contributed by atoms with van der Waals surface area (Å²) in [5, 5.41) is 10.2. The number of hydrogen-bond donors (Lipinski definition) is 2. The van der Waals surface area contributed by atoms with Crippen molar-refractivity contribution in [1.82, 2.24) is 15.2 Å². The molecule has 90 valence electrons. The van der Waals surface area contributed by atoms with Crippen LogP contribution in [-0.4, -0.2) is 20.7 Å². The van der Waals surface area contributed by atoms with E-state index in [1.807, 2.05) is 6.07 Å². The van der Waals surface area contributed by atoms with Crippen LogP contribution in [0.15, 0.2) is 24.4 Å². The zero-order valence-electron chi connectivity index (χ0n) is 10.1. The van der Waals surface area contributed by atoms with Crippen LogP contribution in [0.4, 0.5) is 10.2 Å². The van der Waals surface area contributed by atoms with Crippen molar-refractivity contribution in [1.29, 1.82) is 0 Å². The lowest BCUT2D eigenvalue weighted by atomic mass is 10.1. The molecule has 2 rings (SSSR count). The Kier molecular flexibility index (Phi) is 2.83. The maximum atomic E-state index is 12.7. The van der Waals surface area contributed by atoms with Crippen LogP contribution >= 0.6 is 0 Å². The number of nitrogens with one attached hydrogen (secondary N) is 2. The van der Waals surface area contributed by atoms with E-state index < -0.39 is 0 Å². The Bertz CT molecular complexity index is 496. The number of H-pyrrole nitrogens is 1. The monoisotopic (exact) mass is 234 g/mol. The first kappa shape index (κ1) is 11.6. The number of rotatable bonds is 2. The van der Waals surface area contributed by atoms with Crippen LogP contribution in [0.1, 0.15) is 20.8 Å². The van der Waals surface area contributed by atoms with Crippen LogP contribution in [0, 0.1) is 5.82 Å². The molecule has 0 aromatic carbocycles. The quantitative estimate of drug-likeness (QED) is 0.840. The minimum absolute atomic E-state index is 0.0529. The van der Waals surface area contributed by atoms with Crippen molar-refractivity contribution >= 4 is 5.82 Å². The summed E-state index contributed by atoms with van der Waals surface area (Å²) in [6, 6.07) is 4.84. The molecule has 5 heteroatoms. The van der Waals surface area contributed by atoms with Gasteiger partial charge in [-0.15, -0.1) is 0 Å². The van der Waals surface area contributed by atoms with Crippen LogP contribution in [0.5, 0.6) is 0 Å². The second-order valence-corrected chi connectivity index (χ2v) is 4.90. The average Bonchev–Trinajstić information content (AvgIpc) is 2.64. The van der Waals surface area contributed by atoms with Crippen LogP contribution in [0.2, 0.25) is 0 Å². The van der Waals surface area contributed by atoms with Crippen LogP contribution in [0.25, 0.3) is 11.4 Å². The minimum Gasteiger partial charge on any atom is -0.364 e. The number of aromatic nitrogens is 3. The number of pyridine rings is 1. The molecule has 2 aromatic heterocycles. The zero-order valence-corrected chi connectivity index (χ0v) is 10.1. The summed E-state index contributed by atoms with van der Waals surface area (Å²) in [5.41, 5.74) is 1.38. The van der Waals surface area contributed by atoms with Crippen molar-refractivity contribution in [2.75, 3.05) is 5.32 Å². The Hall–Kier alpha value is -1.91. The highest BCUT2D eigenvalue weighted by molar-refractivity contribution is 5.58. The number of nitrogens with zero attached hydrogens (tertiary/aromatic N) is 2. The first-order valence-corrected chi connectivity index (χ1v) is 5.39. The van der Waals surface area contributed by atoms with Gasteiger partial charge in [0.15, 0.2) is 0 Å². The molecule has 0 aliphatic carbocycles. The molecule has 0 saturated heterocycles. The van der Waals surface area contributed by atoms with Crippen molar-refractivity contribution in [2.24, 2.45) is 0 Å². The van der Waals surface area contributed by atoms with E-state index in [9.17, 15) is 4.39 Å². The molecular formula is C12H15FN4. The van der Waals surface area contributed by atoms with Gasteiger partial charge in [0.05, 0.1) is 17.6 Å². The molecule has 0 aliphatic rings. The molecule has 0 radical (unpaired) electrons. The van der Waals surface area contributed by atoms with E-state index in [4.69, 9.17) is 0 Å². The largest absolute Gasteiger partial charge is 0.364 e. The fraction of sp³-hybridized carbons (Fsp3) is 0.333. The molecule has 0 unspecified atom stereocenters. The van der Waals surface area contributed by atoms with Gasteiger partial charge in [-0.3, -0.25) is 10.1 Å². The Morgan fingerprint density at radius 2 is 2.06 bits per heavy atom. The molecule has 2 N–H and O–H groups in total. The maximum Gasteiger partial charge on any atom is 0.148 e. The Balaban J connectivity index is 2.21. The minimum atomic E-state index is -0.346. The molecular weight excluding hydrogens is 219 g/mol. The smallest absolute Gasteiger partial charge is 0.148 e. The molecule has 0 bridgehead atoms. The van der Waals surface area contributed by atoms with Crippen LogP contribution < -0.4 is 5.32 Å². The standard InChI is InChI=1S/C12H15FN4/c1-12(2,3)15-11-6-10(16-17-11)9-5-4-8(13)7-14-9/h4-7H,1-3H3,(H2,15,16,17). The molecule has 17 heavy (non-hydrogen) atoms. The summed E-state index contributed by atoms with van der Waals surface area (Å²) in [6.45, 7) is 6.16. The van der Waals surface area contributed by atoms with Crippen molar-refractivity contribution in [3.05, 3.63) is 30.2 Å². The molecule has 2 aromatic rings. The predicted molar refractivity (Wildman–Crippen MR) is 65.2 cm³/mol. The first-order valence-electron chi connectivity index (χ1n) is 5.39. The molecule has 0 saturated carbocycles. The lowest BCUT2D eigenvalue weighted by Crippen LogP contribution is -2.26. The lowest BCUT2D eigenvalue weighted by Gasteiger charge is -2.19. The highest BCUT2D eigenvalue weighted by Crippen LogP contribution is 2.19. The zero-order chi connectivity index (χ0) is 12.5. The van der Waals surface area contributed by atoms with Crippen LogP contribution in [0.3, 0.4) is 0 Å². The van der Waals surface area contributed by atoms with E-state index in [0.717, 1.165) is 11.5 Å². The van der Waals surface area contributed by atoms with Gasteiger partial charge >= 0.3 is 0 Å². The third-order valence-corrected chi connectivity index (χ3v) is 2.08. The predicted octanol–water partition coefficient (Wildman–Crippen LogP) is 2.82. The van der Waals surface area contributed by atoms with Gasteiger partial charge in [0.2, 0.25) is 0 Å². The van der Waals surface area contributed by atoms with Gasteiger partial charge in [0, 0.05) is 11.6 Å². The molecule has 0 atom stereocenters. The van der Waals surface area contributed by atoms with E-state index in [-0.39, 0.29) is 11.4 Å². The molecule has 4 nitrogen and oxygen atoms in total. The Morgan fingerprint density at radius 1 is 1.29 bits per heavy atom. The van der Waals surface area contributed by atoms with Gasteiger partial charge in [-0.05, 0) is 32.9 Å². The van der Waals surface area contributed by atoms with Crippen molar-refractivity contribution < 1.29 is 4.39 Å². The number of hydrogen-bond acceptors (Lipinski definition) is 3. The fourth-order valence-electron chi connectivity index (χ4n) is 1.44. The fourth-order valence-corrected chi connectivity index (χ4v) is 1.44. The number of anilines is 1. The van der Waals surface area contributed by atoms with Gasteiger partial charge in [0.25, 0.3) is 0 Å². The van der Waals surface area contributed by atoms with Crippen molar-refractivity contribution in [3.8, 4) is 11.4 Å². The average molecular weight is 234 g/mol. The van der Waals surface area contributed by atoms with Crippen molar-refractivity contribution in [3.63, 3.8) is 0 Å². The number of halogens is 1. The molecule has 0 amide bonds. The van der Waals surface area contributed by atoms with E-state index in [1.54, 1.807) is 6.07 Å². The van der Waals surface area contributed by atoms with Gasteiger partial charge in [-0.2, -0.15) is 5.10 Å². The summed E-state index contributed by atoms with van der Waals surface area (Å²) in [4.78, 5) is 3.98. The summed E-state index contributed by atoms with van der Waals surface area (Å²) < 4.78 is 12.7. The highest BCUT2D eigenvalue weighted by atomic mass is 19.1. The molecule has 0 spiro atoms. The highest BCUT2D eigenvalue weighted by Gasteiger charge is 2.12. The molecule has 0 fully saturated rings. The van der Waals surface area contributed by atoms with E-state index >= 15 is 0 Å². The van der Waals surface area contributed by atoms with Gasteiger partial charge in [0.1, 0.15) is 11.6 Å². The van der Waals surface area contributed by atoms with Gasteiger partial charge in [-0.25, -0.2) is 4.39 Å². The Morgan fingerprint density at radius 3 is 2.65 bits per heavy atom.